The number of methoxy groups -OCH3 is 1. The predicted octanol–water partition coefficient (Wildman–Crippen LogP) is 4.79. The van der Waals surface area contributed by atoms with Gasteiger partial charge < -0.3 is 21.2 Å². The summed E-state index contributed by atoms with van der Waals surface area (Å²) in [5.41, 5.74) is 0. The molecule has 0 aromatic heterocycles. The molecular formula is C25H50O4. The highest BCUT2D eigenvalue weighted by Gasteiger charge is 2.41. The van der Waals surface area contributed by atoms with E-state index in [-0.39, 0.29) is 16.4 Å². The highest BCUT2D eigenvalue weighted by molar-refractivity contribution is 4.95. The van der Waals surface area contributed by atoms with Crippen LogP contribution in [0, 0.1) is 41.4 Å². The Balaban J connectivity index is 0.00000261. The third kappa shape index (κ3) is 7.05. The van der Waals surface area contributed by atoms with Crippen molar-refractivity contribution in [1.29, 1.82) is 0 Å². The smallest absolute Gasteiger partial charge is 0.0571 e. The van der Waals surface area contributed by atoms with Gasteiger partial charge in [0.25, 0.3) is 0 Å². The molecule has 3 aliphatic carbocycles. The average molecular weight is 415 g/mol. The Morgan fingerprint density at radius 2 is 1.14 bits per heavy atom. The molecule has 3 aliphatic rings. The van der Waals surface area contributed by atoms with Gasteiger partial charge in [-0.25, -0.2) is 0 Å². The fraction of sp³-hybridized carbons (Fsp3) is 0.920. The zero-order valence-electron chi connectivity index (χ0n) is 19.5. The van der Waals surface area contributed by atoms with Crippen molar-refractivity contribution in [3.63, 3.8) is 0 Å². The highest BCUT2D eigenvalue weighted by atomic mass is 16.5. The zero-order valence-corrected chi connectivity index (χ0v) is 19.5. The SMILES string of the molecule is CC/C=C/C1CCC(C2CCC(C3CCC(OC)CC3)C(C)C2C)CC1.O.O.O. The van der Waals surface area contributed by atoms with Crippen LogP contribution in [0.15, 0.2) is 12.2 Å². The maximum atomic E-state index is 5.60. The van der Waals surface area contributed by atoms with Gasteiger partial charge >= 0.3 is 0 Å². The lowest BCUT2D eigenvalue weighted by atomic mass is 9.58. The number of hydrogen-bond acceptors (Lipinski definition) is 1. The summed E-state index contributed by atoms with van der Waals surface area (Å²) in [7, 11) is 1.90. The van der Waals surface area contributed by atoms with E-state index in [9.17, 15) is 0 Å². The van der Waals surface area contributed by atoms with Gasteiger partial charge in [0, 0.05) is 7.11 Å². The fourth-order valence-electron chi connectivity index (χ4n) is 6.87. The lowest BCUT2D eigenvalue weighted by molar-refractivity contribution is -0.00265. The zero-order chi connectivity index (χ0) is 18.5. The normalized spacial score (nSPS) is 40.4. The summed E-state index contributed by atoms with van der Waals surface area (Å²) in [4.78, 5) is 0. The topological polar surface area (TPSA) is 104 Å². The van der Waals surface area contributed by atoms with Crippen LogP contribution in [0.5, 0.6) is 0 Å². The van der Waals surface area contributed by atoms with E-state index in [1.54, 1.807) is 0 Å². The van der Waals surface area contributed by atoms with Crippen molar-refractivity contribution in [3.05, 3.63) is 12.2 Å². The third-order valence-corrected chi connectivity index (χ3v) is 8.74. The molecule has 3 saturated carbocycles. The maximum absolute atomic E-state index is 5.60. The van der Waals surface area contributed by atoms with Crippen molar-refractivity contribution in [2.45, 2.75) is 97.5 Å². The van der Waals surface area contributed by atoms with Gasteiger partial charge in [-0.1, -0.05) is 32.9 Å². The van der Waals surface area contributed by atoms with Crippen LogP contribution >= 0.6 is 0 Å². The molecule has 4 atom stereocenters. The van der Waals surface area contributed by atoms with E-state index in [0.29, 0.717) is 6.10 Å². The summed E-state index contributed by atoms with van der Waals surface area (Å²) in [5, 5.41) is 0. The van der Waals surface area contributed by atoms with Gasteiger partial charge in [0.05, 0.1) is 6.10 Å². The average Bonchev–Trinajstić information content (AvgIpc) is 2.69. The molecule has 4 unspecified atom stereocenters. The molecule has 4 nitrogen and oxygen atoms in total. The van der Waals surface area contributed by atoms with Crippen LogP contribution in [-0.2, 0) is 4.74 Å². The Labute approximate surface area is 179 Å². The summed E-state index contributed by atoms with van der Waals surface area (Å²) in [5.74, 6) is 6.73. The molecule has 0 bridgehead atoms. The van der Waals surface area contributed by atoms with Crippen LogP contribution in [0.2, 0.25) is 0 Å². The molecule has 3 rings (SSSR count). The quantitative estimate of drug-likeness (QED) is 0.593. The first-order chi connectivity index (χ1) is 12.6. The van der Waals surface area contributed by atoms with E-state index < -0.39 is 0 Å². The highest BCUT2D eigenvalue weighted by Crippen LogP contribution is 2.50. The first-order valence-electron chi connectivity index (χ1n) is 11.8. The fourth-order valence-corrected chi connectivity index (χ4v) is 6.87. The van der Waals surface area contributed by atoms with E-state index in [1.165, 1.54) is 70.6 Å². The van der Waals surface area contributed by atoms with Crippen LogP contribution in [0.1, 0.15) is 91.4 Å². The summed E-state index contributed by atoms with van der Waals surface area (Å²) < 4.78 is 5.60. The Morgan fingerprint density at radius 3 is 1.55 bits per heavy atom. The molecule has 4 heteroatoms. The number of ether oxygens (including phenoxy) is 1. The largest absolute Gasteiger partial charge is 0.412 e. The van der Waals surface area contributed by atoms with Crippen LogP contribution in [0.4, 0.5) is 0 Å². The van der Waals surface area contributed by atoms with E-state index in [4.69, 9.17) is 4.74 Å². The minimum absolute atomic E-state index is 0. The Hall–Kier alpha value is -0.420. The Kier molecular flexibility index (Phi) is 13.6. The standard InChI is InChI=1S/C25H44O.3H2O/c1-5-6-7-20-8-10-21(11-9-20)24-16-17-25(19(3)18(24)2)22-12-14-23(26-4)15-13-22;;;/h6-7,18-25H,5,8-17H2,1-4H3;3*1H2/b7-6+;;;. The van der Waals surface area contributed by atoms with Crippen molar-refractivity contribution in [2.75, 3.05) is 7.11 Å². The van der Waals surface area contributed by atoms with Crippen molar-refractivity contribution >= 4 is 0 Å². The molecular weight excluding hydrogens is 364 g/mol. The van der Waals surface area contributed by atoms with Crippen LogP contribution < -0.4 is 0 Å². The monoisotopic (exact) mass is 414 g/mol. The number of rotatable bonds is 5. The van der Waals surface area contributed by atoms with Crippen LogP contribution in [-0.4, -0.2) is 29.6 Å². The van der Waals surface area contributed by atoms with E-state index in [0.717, 1.165) is 41.4 Å². The van der Waals surface area contributed by atoms with Gasteiger partial charge in [0.2, 0.25) is 0 Å². The first-order valence-corrected chi connectivity index (χ1v) is 11.8. The van der Waals surface area contributed by atoms with Crippen molar-refractivity contribution in [1.82, 2.24) is 0 Å². The van der Waals surface area contributed by atoms with E-state index in [1.807, 2.05) is 7.11 Å². The third-order valence-electron chi connectivity index (χ3n) is 8.74. The van der Waals surface area contributed by atoms with Crippen LogP contribution in [0.3, 0.4) is 0 Å². The molecule has 6 N–H and O–H groups in total. The minimum atomic E-state index is 0. The molecule has 0 amide bonds. The molecule has 3 fully saturated rings. The summed E-state index contributed by atoms with van der Waals surface area (Å²) in [6, 6.07) is 0. The van der Waals surface area contributed by atoms with E-state index in [2.05, 4.69) is 32.9 Å². The van der Waals surface area contributed by atoms with Crippen molar-refractivity contribution < 1.29 is 21.2 Å². The van der Waals surface area contributed by atoms with Crippen molar-refractivity contribution in [2.24, 2.45) is 41.4 Å². The van der Waals surface area contributed by atoms with Gasteiger partial charge in [-0.2, -0.15) is 0 Å². The molecule has 0 spiro atoms. The predicted molar refractivity (Wildman–Crippen MR) is 123 cm³/mol. The lowest BCUT2D eigenvalue weighted by Gasteiger charge is -2.48. The second-order valence-electron chi connectivity index (χ2n) is 9.91. The summed E-state index contributed by atoms with van der Waals surface area (Å²) in [6.45, 7) is 7.45. The van der Waals surface area contributed by atoms with Gasteiger partial charge in [0.1, 0.15) is 0 Å². The Bertz CT molecular complexity index is 436. The van der Waals surface area contributed by atoms with Gasteiger partial charge in [-0.05, 0) is 112 Å². The lowest BCUT2D eigenvalue weighted by Crippen LogP contribution is -2.40. The van der Waals surface area contributed by atoms with E-state index >= 15 is 0 Å². The maximum Gasteiger partial charge on any atom is 0.0571 e. The van der Waals surface area contributed by atoms with Gasteiger partial charge in [-0.3, -0.25) is 0 Å². The Morgan fingerprint density at radius 1 is 0.690 bits per heavy atom. The molecule has 0 aromatic rings. The first kappa shape index (κ1) is 28.6. The van der Waals surface area contributed by atoms with Gasteiger partial charge in [0.15, 0.2) is 0 Å². The van der Waals surface area contributed by atoms with Crippen molar-refractivity contribution in [3.8, 4) is 0 Å². The van der Waals surface area contributed by atoms with Gasteiger partial charge in [-0.15, -0.1) is 0 Å². The number of allylic oxidation sites excluding steroid dienone is 2. The molecule has 29 heavy (non-hydrogen) atoms. The summed E-state index contributed by atoms with van der Waals surface area (Å²) in [6.07, 6.45) is 21.0. The molecule has 0 saturated heterocycles. The van der Waals surface area contributed by atoms with Crippen LogP contribution in [0.25, 0.3) is 0 Å². The minimum Gasteiger partial charge on any atom is -0.412 e. The second-order valence-corrected chi connectivity index (χ2v) is 9.91. The molecule has 174 valence electrons. The molecule has 0 radical (unpaired) electrons. The molecule has 0 heterocycles. The number of hydrogen-bond donors (Lipinski definition) is 0. The summed E-state index contributed by atoms with van der Waals surface area (Å²) >= 11 is 0. The molecule has 0 aromatic carbocycles. The second kappa shape index (κ2) is 13.8. The molecule has 0 aliphatic heterocycles.